The molecule has 14 heavy (non-hydrogen) atoms. The third-order valence-corrected chi connectivity index (χ3v) is 1.47. The first-order chi connectivity index (χ1) is 6.66. The number of benzene rings is 1. The lowest BCUT2D eigenvalue weighted by Crippen LogP contribution is -1.87. The summed E-state index contributed by atoms with van der Waals surface area (Å²) >= 11 is 0. The Labute approximate surface area is 81.7 Å². The zero-order chi connectivity index (χ0) is 10.8. The Morgan fingerprint density at radius 2 is 1.79 bits per heavy atom. The van der Waals surface area contributed by atoms with E-state index in [9.17, 15) is 0 Å². The van der Waals surface area contributed by atoms with Crippen LogP contribution in [0.2, 0.25) is 0 Å². The highest BCUT2D eigenvalue weighted by molar-refractivity contribution is 5.14. The van der Waals surface area contributed by atoms with Crippen LogP contribution < -0.4 is 0 Å². The number of aryl methyl sites for hydroxylation is 1. The zero-order valence-corrected chi connectivity index (χ0v) is 7.67. The van der Waals surface area contributed by atoms with Crippen molar-refractivity contribution in [2.24, 2.45) is 0 Å². The van der Waals surface area contributed by atoms with Crippen LogP contribution in [0.25, 0.3) is 0 Å². The highest BCUT2D eigenvalue weighted by Gasteiger charge is 1.87. The maximum Gasteiger partial charge on any atom is 0.291 e. The van der Waals surface area contributed by atoms with E-state index in [0.29, 0.717) is 0 Å². The monoisotopic (exact) mass is 199 g/mol. The van der Waals surface area contributed by atoms with E-state index in [4.69, 9.17) is 20.4 Å². The van der Waals surface area contributed by atoms with E-state index >= 15 is 0 Å². The molecular weight excluding hydrogens is 186 g/mol. The highest BCUT2D eigenvalue weighted by Crippen LogP contribution is 2.00. The molecule has 0 saturated carbocycles. The van der Waals surface area contributed by atoms with E-state index in [1.54, 1.807) is 0 Å². The van der Waals surface area contributed by atoms with Gasteiger partial charge in [-0.2, -0.15) is 0 Å². The smallest absolute Gasteiger partial charge is 0.291 e. The van der Waals surface area contributed by atoms with Crippen molar-refractivity contribution in [1.82, 2.24) is 0 Å². The van der Waals surface area contributed by atoms with Crippen LogP contribution in [0.4, 0.5) is 0 Å². The van der Waals surface area contributed by atoms with Crippen LogP contribution in [0.1, 0.15) is 12.0 Å². The van der Waals surface area contributed by atoms with E-state index in [1.807, 2.05) is 18.2 Å². The van der Waals surface area contributed by atoms with E-state index in [1.165, 1.54) is 5.56 Å². The highest BCUT2D eigenvalue weighted by atomic mass is 16.9. The quantitative estimate of drug-likeness (QED) is 0.567. The third-order valence-electron chi connectivity index (χ3n) is 1.47. The second-order valence-corrected chi connectivity index (χ2v) is 2.55. The number of hydrogen-bond acceptors (Lipinski definition) is 3. The Balaban J connectivity index is 0.000000364. The minimum absolute atomic E-state index is 0.287. The fourth-order valence-corrected chi connectivity index (χ4v) is 0.928. The second kappa shape index (κ2) is 8.00. The fourth-order valence-electron chi connectivity index (χ4n) is 0.928. The normalized spacial score (nSPS) is 8.64. The van der Waals surface area contributed by atoms with Gasteiger partial charge in [-0.05, 0) is 18.4 Å². The van der Waals surface area contributed by atoms with Crippen molar-refractivity contribution in [2.75, 3.05) is 6.61 Å². The summed E-state index contributed by atoms with van der Waals surface area (Å²) in [4.78, 5) is 8.36. The van der Waals surface area contributed by atoms with Crippen molar-refractivity contribution in [1.29, 1.82) is 0 Å². The van der Waals surface area contributed by atoms with Crippen molar-refractivity contribution >= 4 is 0 Å². The Kier molecular flexibility index (Phi) is 7.07. The predicted molar refractivity (Wildman–Crippen MR) is 50.6 cm³/mol. The van der Waals surface area contributed by atoms with E-state index in [2.05, 4.69) is 12.1 Å². The SMILES string of the molecule is O=[N+]([O-])O.OCCCc1ccccc1. The summed E-state index contributed by atoms with van der Waals surface area (Å²) < 4.78 is 0. The molecule has 0 heterocycles. The van der Waals surface area contributed by atoms with Crippen LogP contribution in [0.15, 0.2) is 30.3 Å². The number of nitrogens with zero attached hydrogens (tertiary/aromatic N) is 1. The maximum absolute atomic E-state index is 8.53. The summed E-state index contributed by atoms with van der Waals surface area (Å²) in [6.07, 6.45) is 1.85. The summed E-state index contributed by atoms with van der Waals surface area (Å²) in [5.74, 6) is 0. The van der Waals surface area contributed by atoms with Gasteiger partial charge in [-0.15, -0.1) is 10.1 Å². The lowest BCUT2D eigenvalue weighted by atomic mass is 10.1. The molecule has 0 bridgehead atoms. The summed E-state index contributed by atoms with van der Waals surface area (Å²) in [7, 11) is 0. The Hall–Kier alpha value is -1.62. The van der Waals surface area contributed by atoms with Gasteiger partial charge in [-0.3, -0.25) is 0 Å². The summed E-state index contributed by atoms with van der Waals surface area (Å²) in [6.45, 7) is 0.287. The van der Waals surface area contributed by atoms with E-state index < -0.39 is 5.09 Å². The van der Waals surface area contributed by atoms with Gasteiger partial charge >= 0.3 is 0 Å². The molecule has 0 spiro atoms. The molecule has 0 aromatic heterocycles. The number of aliphatic hydroxyl groups excluding tert-OH is 1. The molecular formula is C9H13NO4. The molecule has 1 aromatic carbocycles. The number of rotatable bonds is 3. The zero-order valence-electron chi connectivity index (χ0n) is 7.67. The Morgan fingerprint density at radius 3 is 2.21 bits per heavy atom. The first-order valence-corrected chi connectivity index (χ1v) is 4.15. The standard InChI is InChI=1S/C9H12O.HNO3/c10-8-4-7-9-5-2-1-3-6-9;2-1(3)4/h1-3,5-6,10H,4,7-8H2;(H,2,3,4). The van der Waals surface area contributed by atoms with Crippen molar-refractivity contribution in [3.05, 3.63) is 46.0 Å². The minimum Gasteiger partial charge on any atom is -0.396 e. The van der Waals surface area contributed by atoms with Crippen LogP contribution in [0, 0.1) is 10.1 Å². The predicted octanol–water partition coefficient (Wildman–Crippen LogP) is 1.26. The molecule has 0 fully saturated rings. The minimum atomic E-state index is -1.50. The average Bonchev–Trinajstić information content (AvgIpc) is 2.15. The molecule has 0 radical (unpaired) electrons. The fraction of sp³-hybridized carbons (Fsp3) is 0.333. The van der Waals surface area contributed by atoms with Gasteiger partial charge < -0.3 is 10.3 Å². The number of hydrogen-bond donors (Lipinski definition) is 2. The van der Waals surface area contributed by atoms with Crippen molar-refractivity contribution in [2.45, 2.75) is 12.8 Å². The van der Waals surface area contributed by atoms with Gasteiger partial charge in [-0.25, -0.2) is 0 Å². The molecule has 2 N–H and O–H groups in total. The molecule has 1 aromatic rings. The van der Waals surface area contributed by atoms with Crippen LogP contribution in [-0.2, 0) is 6.42 Å². The topological polar surface area (TPSA) is 83.6 Å². The Bertz CT molecular complexity index is 246. The van der Waals surface area contributed by atoms with Gasteiger partial charge in [0.25, 0.3) is 5.09 Å². The molecule has 1 rings (SSSR count). The molecule has 0 atom stereocenters. The first kappa shape index (κ1) is 12.4. The van der Waals surface area contributed by atoms with Crippen molar-refractivity contribution in [3.63, 3.8) is 0 Å². The lowest BCUT2D eigenvalue weighted by Gasteiger charge is -1.96. The molecule has 0 saturated heterocycles. The van der Waals surface area contributed by atoms with Gasteiger partial charge in [0.1, 0.15) is 0 Å². The molecule has 0 unspecified atom stereocenters. The molecule has 0 amide bonds. The molecule has 5 heteroatoms. The van der Waals surface area contributed by atoms with Gasteiger partial charge in [-0.1, -0.05) is 30.3 Å². The molecule has 0 aliphatic rings. The molecule has 0 aliphatic carbocycles. The van der Waals surface area contributed by atoms with Crippen LogP contribution in [0.5, 0.6) is 0 Å². The van der Waals surface area contributed by atoms with Gasteiger partial charge in [0.2, 0.25) is 0 Å². The maximum atomic E-state index is 8.53. The van der Waals surface area contributed by atoms with E-state index in [-0.39, 0.29) is 6.61 Å². The van der Waals surface area contributed by atoms with Crippen LogP contribution in [-0.4, -0.2) is 22.0 Å². The first-order valence-electron chi connectivity index (χ1n) is 4.15. The molecule has 78 valence electrons. The summed E-state index contributed by atoms with van der Waals surface area (Å²) in [5.41, 5.74) is 1.30. The molecule has 5 nitrogen and oxygen atoms in total. The average molecular weight is 199 g/mol. The molecule has 0 aliphatic heterocycles. The van der Waals surface area contributed by atoms with Gasteiger partial charge in [0, 0.05) is 6.61 Å². The van der Waals surface area contributed by atoms with E-state index in [0.717, 1.165) is 12.8 Å². The number of aliphatic hydroxyl groups is 1. The van der Waals surface area contributed by atoms with Crippen molar-refractivity contribution < 1.29 is 15.4 Å². The lowest BCUT2D eigenvalue weighted by molar-refractivity contribution is -0.742. The van der Waals surface area contributed by atoms with Crippen molar-refractivity contribution in [3.8, 4) is 0 Å². The van der Waals surface area contributed by atoms with Crippen LogP contribution in [0.3, 0.4) is 0 Å². The van der Waals surface area contributed by atoms with Gasteiger partial charge in [0.15, 0.2) is 0 Å². The Morgan fingerprint density at radius 1 is 1.29 bits per heavy atom. The van der Waals surface area contributed by atoms with Gasteiger partial charge in [0.05, 0.1) is 0 Å². The second-order valence-electron chi connectivity index (χ2n) is 2.55. The third kappa shape index (κ3) is 8.48. The van der Waals surface area contributed by atoms with Crippen LogP contribution >= 0.6 is 0 Å². The summed E-state index contributed by atoms with van der Waals surface area (Å²) in [6, 6.07) is 10.2. The largest absolute Gasteiger partial charge is 0.396 e. The summed E-state index contributed by atoms with van der Waals surface area (Å²) in [5, 5.41) is 22.2.